The van der Waals surface area contributed by atoms with E-state index in [0.717, 1.165) is 24.6 Å². The number of hydrogen-bond acceptors (Lipinski definition) is 2. The Kier molecular flexibility index (Phi) is 5.49. The molecule has 1 aliphatic carbocycles. The first-order chi connectivity index (χ1) is 8.33. The van der Waals surface area contributed by atoms with E-state index in [2.05, 4.69) is 4.90 Å². The van der Waals surface area contributed by atoms with Crippen LogP contribution in [0.25, 0.3) is 0 Å². The lowest BCUT2D eigenvalue weighted by Crippen LogP contribution is -2.48. The number of amides is 1. The van der Waals surface area contributed by atoms with Crippen LogP contribution in [-0.2, 0) is 0 Å². The van der Waals surface area contributed by atoms with Gasteiger partial charge in [-0.15, -0.1) is 11.6 Å². The predicted octanol–water partition coefficient (Wildman–Crippen LogP) is 4.12. The van der Waals surface area contributed by atoms with Crippen LogP contribution in [0.3, 0.4) is 0 Å². The molecule has 2 atom stereocenters. The lowest BCUT2D eigenvalue weighted by atomic mass is 9.78. The monoisotopic (exact) mass is 275 g/mol. The van der Waals surface area contributed by atoms with Crippen molar-refractivity contribution >= 4 is 28.6 Å². The van der Waals surface area contributed by atoms with Crippen LogP contribution in [0.1, 0.15) is 44.9 Å². The molecule has 2 nitrogen and oxygen atoms in total. The maximum atomic E-state index is 12.2. The maximum Gasteiger partial charge on any atom is 0.281 e. The smallest absolute Gasteiger partial charge is 0.281 e. The zero-order chi connectivity index (χ0) is 12.1. The molecule has 2 fully saturated rings. The van der Waals surface area contributed by atoms with Crippen LogP contribution in [-0.4, -0.2) is 34.4 Å². The third-order valence-electron chi connectivity index (χ3n) is 3.98. The third-order valence-corrected chi connectivity index (χ3v) is 5.22. The van der Waals surface area contributed by atoms with Crippen molar-refractivity contribution in [2.24, 2.45) is 5.92 Å². The normalized spacial score (nSPS) is 28.9. The highest BCUT2D eigenvalue weighted by Gasteiger charge is 2.35. The zero-order valence-electron chi connectivity index (χ0n) is 10.4. The minimum Gasteiger partial charge on any atom is -0.330 e. The quantitative estimate of drug-likeness (QED) is 0.570. The van der Waals surface area contributed by atoms with Crippen molar-refractivity contribution in [3.63, 3.8) is 0 Å². The fourth-order valence-electron chi connectivity index (χ4n) is 3.15. The minimum atomic E-state index is 0.298. The Morgan fingerprint density at radius 2 is 2.00 bits per heavy atom. The van der Waals surface area contributed by atoms with E-state index in [0.29, 0.717) is 17.2 Å². The second kappa shape index (κ2) is 6.89. The maximum absolute atomic E-state index is 12.2. The van der Waals surface area contributed by atoms with E-state index in [-0.39, 0.29) is 0 Å². The molecule has 0 spiro atoms. The summed E-state index contributed by atoms with van der Waals surface area (Å²) in [5.74, 6) is 2.32. The summed E-state index contributed by atoms with van der Waals surface area (Å²) in [7, 11) is 0. The summed E-state index contributed by atoms with van der Waals surface area (Å²) < 4.78 is 0. The molecule has 0 aromatic heterocycles. The Hall–Kier alpha value is 0.110. The van der Waals surface area contributed by atoms with Gasteiger partial charge in [-0.25, -0.2) is 0 Å². The van der Waals surface area contributed by atoms with Crippen molar-refractivity contribution in [3.8, 4) is 0 Å². The van der Waals surface area contributed by atoms with Crippen molar-refractivity contribution in [2.75, 3.05) is 18.2 Å². The molecule has 1 saturated carbocycles. The van der Waals surface area contributed by atoms with Gasteiger partial charge in [-0.05, 0) is 38.0 Å². The fraction of sp³-hybridized carbons (Fsp3) is 0.923. The van der Waals surface area contributed by atoms with Crippen LogP contribution >= 0.6 is 23.4 Å². The molecule has 2 unspecified atom stereocenters. The fourth-order valence-corrected chi connectivity index (χ4v) is 4.30. The second-order valence-corrected chi connectivity index (χ2v) is 6.53. The largest absolute Gasteiger partial charge is 0.330 e. The van der Waals surface area contributed by atoms with E-state index >= 15 is 0 Å². The molecule has 1 heterocycles. The molecular formula is C13H22ClNOS. The van der Waals surface area contributed by atoms with Gasteiger partial charge in [0.2, 0.25) is 0 Å². The van der Waals surface area contributed by atoms with Gasteiger partial charge in [0.15, 0.2) is 0 Å². The highest BCUT2D eigenvalue weighted by atomic mass is 35.5. The molecule has 0 N–H and O–H groups in total. The van der Waals surface area contributed by atoms with Crippen LogP contribution in [0.2, 0.25) is 0 Å². The van der Waals surface area contributed by atoms with Crippen LogP contribution in [0, 0.1) is 5.92 Å². The van der Waals surface area contributed by atoms with Gasteiger partial charge in [0.05, 0.1) is 0 Å². The number of likely N-dealkylation sites (tertiary alicyclic amines) is 1. The third kappa shape index (κ3) is 3.54. The average molecular weight is 276 g/mol. The van der Waals surface area contributed by atoms with Gasteiger partial charge in [-0.1, -0.05) is 24.6 Å². The second-order valence-electron chi connectivity index (χ2n) is 5.10. The number of thioether (sulfide) groups is 1. The van der Waals surface area contributed by atoms with Crippen LogP contribution in [0.5, 0.6) is 0 Å². The van der Waals surface area contributed by atoms with Crippen molar-refractivity contribution in [3.05, 3.63) is 0 Å². The molecule has 0 radical (unpaired) electrons. The van der Waals surface area contributed by atoms with Crippen molar-refractivity contribution < 1.29 is 4.79 Å². The molecule has 0 aromatic rings. The standard InChI is InChI=1S/C13H22ClNOS/c14-8-4-10-17-13(16)15-9-3-6-11-5-1-2-7-12(11)15/h11-12H,1-10H2. The first-order valence-corrected chi connectivity index (χ1v) is 8.34. The topological polar surface area (TPSA) is 20.3 Å². The van der Waals surface area contributed by atoms with Gasteiger partial charge in [0.1, 0.15) is 0 Å². The van der Waals surface area contributed by atoms with Crippen LogP contribution < -0.4 is 0 Å². The first-order valence-electron chi connectivity index (χ1n) is 6.82. The molecule has 2 rings (SSSR count). The zero-order valence-corrected chi connectivity index (χ0v) is 11.9. The number of hydrogen-bond donors (Lipinski definition) is 0. The van der Waals surface area contributed by atoms with Crippen LogP contribution in [0.15, 0.2) is 0 Å². The Bertz CT molecular complexity index is 260. The highest BCUT2D eigenvalue weighted by Crippen LogP contribution is 2.36. The lowest BCUT2D eigenvalue weighted by Gasteiger charge is -2.43. The number of fused-ring (bicyclic) bond motifs is 1. The Morgan fingerprint density at radius 3 is 2.82 bits per heavy atom. The summed E-state index contributed by atoms with van der Waals surface area (Å²) in [4.78, 5) is 14.3. The van der Waals surface area contributed by atoms with Gasteiger partial charge in [-0.2, -0.15) is 0 Å². The molecule has 98 valence electrons. The van der Waals surface area contributed by atoms with E-state index in [1.807, 2.05) is 0 Å². The van der Waals surface area contributed by atoms with Crippen LogP contribution in [0.4, 0.5) is 4.79 Å². The molecule has 1 saturated heterocycles. The Morgan fingerprint density at radius 1 is 1.24 bits per heavy atom. The highest BCUT2D eigenvalue weighted by molar-refractivity contribution is 8.13. The molecule has 2 aliphatic rings. The summed E-state index contributed by atoms with van der Waals surface area (Å²) in [5.41, 5.74) is 0. The molecule has 0 bridgehead atoms. The van der Waals surface area contributed by atoms with Crippen molar-refractivity contribution in [1.29, 1.82) is 0 Å². The molecule has 1 aliphatic heterocycles. The van der Waals surface area contributed by atoms with Crippen molar-refractivity contribution in [2.45, 2.75) is 51.0 Å². The van der Waals surface area contributed by atoms with Gasteiger partial charge >= 0.3 is 0 Å². The Labute approximate surface area is 113 Å². The number of halogens is 1. The number of rotatable bonds is 3. The Balaban J connectivity index is 1.87. The average Bonchev–Trinajstić information content (AvgIpc) is 2.38. The summed E-state index contributed by atoms with van der Waals surface area (Å²) in [5, 5.41) is 0.298. The number of carbonyl (C=O) groups excluding carboxylic acids is 1. The van der Waals surface area contributed by atoms with E-state index in [9.17, 15) is 4.79 Å². The number of carbonyl (C=O) groups is 1. The number of nitrogens with zero attached hydrogens (tertiary/aromatic N) is 1. The molecule has 0 aromatic carbocycles. The lowest BCUT2D eigenvalue weighted by molar-refractivity contribution is 0.0968. The molecule has 4 heteroatoms. The molecule has 17 heavy (non-hydrogen) atoms. The van der Waals surface area contributed by atoms with E-state index < -0.39 is 0 Å². The van der Waals surface area contributed by atoms with E-state index in [1.165, 1.54) is 50.3 Å². The van der Waals surface area contributed by atoms with Gasteiger partial charge in [0.25, 0.3) is 5.24 Å². The first kappa shape index (κ1) is 13.5. The molecular weight excluding hydrogens is 254 g/mol. The SMILES string of the molecule is O=C(SCCCCl)N1CCCC2CCCCC21. The van der Waals surface area contributed by atoms with Crippen molar-refractivity contribution in [1.82, 2.24) is 4.90 Å². The summed E-state index contributed by atoms with van der Waals surface area (Å²) in [6.07, 6.45) is 8.69. The predicted molar refractivity (Wildman–Crippen MR) is 74.9 cm³/mol. The summed E-state index contributed by atoms with van der Waals surface area (Å²) in [6, 6.07) is 0.550. The van der Waals surface area contributed by atoms with Gasteiger partial charge in [-0.3, -0.25) is 4.79 Å². The van der Waals surface area contributed by atoms with Gasteiger partial charge < -0.3 is 4.90 Å². The van der Waals surface area contributed by atoms with E-state index in [4.69, 9.17) is 11.6 Å². The number of piperidine rings is 1. The number of alkyl halides is 1. The van der Waals surface area contributed by atoms with Gasteiger partial charge in [0, 0.05) is 24.2 Å². The summed E-state index contributed by atoms with van der Waals surface area (Å²) >= 11 is 7.11. The summed E-state index contributed by atoms with van der Waals surface area (Å²) in [6.45, 7) is 0.980. The molecule has 1 amide bonds. The minimum absolute atomic E-state index is 0.298. The van der Waals surface area contributed by atoms with E-state index in [1.54, 1.807) is 0 Å².